The van der Waals surface area contributed by atoms with E-state index in [0.29, 0.717) is 13.2 Å². The van der Waals surface area contributed by atoms with E-state index in [1.165, 1.54) is 0 Å². The van der Waals surface area contributed by atoms with E-state index in [1.54, 1.807) is 0 Å². The van der Waals surface area contributed by atoms with Gasteiger partial charge in [0.25, 0.3) is 0 Å². The fraction of sp³-hybridized carbons (Fsp3) is 0.286. The average Bonchev–Trinajstić information content (AvgIpc) is 3.06. The van der Waals surface area contributed by atoms with Crippen LogP contribution in [0, 0.1) is 4.77 Å². The largest absolute Gasteiger partial charge is 0.354 e. The summed E-state index contributed by atoms with van der Waals surface area (Å²) in [7, 11) is 0. The summed E-state index contributed by atoms with van der Waals surface area (Å²) < 4.78 is 4.70. The third-order valence-electron chi connectivity index (χ3n) is 4.95. The number of hydrogen-bond acceptors (Lipinski definition) is 5. The Hall–Kier alpha value is -2.77. The highest BCUT2D eigenvalue weighted by Gasteiger charge is 2.20. The SMILES string of the molecule is C=CCn1c(-c2ccccc2)nn(CN2CCN(c3ccccn3)CC2)c1=S. The molecule has 0 saturated carbocycles. The van der Waals surface area contributed by atoms with Crippen LogP contribution < -0.4 is 4.90 Å². The maximum atomic E-state index is 5.72. The van der Waals surface area contributed by atoms with Crippen molar-refractivity contribution in [1.29, 1.82) is 0 Å². The lowest BCUT2D eigenvalue weighted by molar-refractivity contribution is 0.194. The average molecular weight is 393 g/mol. The van der Waals surface area contributed by atoms with Crippen molar-refractivity contribution in [2.45, 2.75) is 13.2 Å². The Morgan fingerprint density at radius 3 is 2.43 bits per heavy atom. The summed E-state index contributed by atoms with van der Waals surface area (Å²) in [4.78, 5) is 9.16. The van der Waals surface area contributed by atoms with Gasteiger partial charge in [-0.1, -0.05) is 42.5 Å². The highest BCUT2D eigenvalue weighted by atomic mass is 32.1. The van der Waals surface area contributed by atoms with Crippen molar-refractivity contribution in [2.75, 3.05) is 31.1 Å². The van der Waals surface area contributed by atoms with Crippen LogP contribution in [-0.4, -0.2) is 50.4 Å². The Morgan fingerprint density at radius 2 is 1.75 bits per heavy atom. The van der Waals surface area contributed by atoms with Crippen LogP contribution >= 0.6 is 12.2 Å². The van der Waals surface area contributed by atoms with Crippen molar-refractivity contribution in [3.8, 4) is 11.4 Å². The van der Waals surface area contributed by atoms with Gasteiger partial charge in [-0.05, 0) is 24.4 Å². The number of hydrogen-bond donors (Lipinski definition) is 0. The molecule has 1 aliphatic rings. The molecule has 0 amide bonds. The second-order valence-corrected chi connectivity index (χ2v) is 7.17. The van der Waals surface area contributed by atoms with Gasteiger partial charge in [0.15, 0.2) is 10.6 Å². The third-order valence-corrected chi connectivity index (χ3v) is 5.38. The molecule has 144 valence electrons. The second kappa shape index (κ2) is 8.50. The predicted octanol–water partition coefficient (Wildman–Crippen LogP) is 3.44. The van der Waals surface area contributed by atoms with Crippen molar-refractivity contribution in [2.24, 2.45) is 0 Å². The molecular weight excluding hydrogens is 368 g/mol. The van der Waals surface area contributed by atoms with Gasteiger partial charge < -0.3 is 4.90 Å². The van der Waals surface area contributed by atoms with E-state index < -0.39 is 0 Å². The van der Waals surface area contributed by atoms with Gasteiger partial charge in [0.1, 0.15) is 5.82 Å². The second-order valence-electron chi connectivity index (χ2n) is 6.81. The van der Waals surface area contributed by atoms with Crippen molar-refractivity contribution in [3.63, 3.8) is 0 Å². The number of aromatic nitrogens is 4. The lowest BCUT2D eigenvalue weighted by atomic mass is 10.2. The quantitative estimate of drug-likeness (QED) is 0.475. The first-order valence-electron chi connectivity index (χ1n) is 9.48. The van der Waals surface area contributed by atoms with Gasteiger partial charge in [-0.15, -0.1) is 6.58 Å². The topological polar surface area (TPSA) is 42.1 Å². The fourth-order valence-corrected chi connectivity index (χ4v) is 3.74. The van der Waals surface area contributed by atoms with Crippen LogP contribution in [0.25, 0.3) is 11.4 Å². The number of benzene rings is 1. The van der Waals surface area contributed by atoms with Gasteiger partial charge in [0, 0.05) is 44.5 Å². The van der Waals surface area contributed by atoms with Gasteiger partial charge in [-0.2, -0.15) is 5.10 Å². The van der Waals surface area contributed by atoms with E-state index in [-0.39, 0.29) is 0 Å². The molecule has 1 aliphatic heterocycles. The minimum atomic E-state index is 0.649. The Kier molecular flexibility index (Phi) is 5.64. The number of nitrogens with zero attached hydrogens (tertiary/aromatic N) is 6. The maximum Gasteiger partial charge on any atom is 0.199 e. The zero-order valence-electron chi connectivity index (χ0n) is 15.8. The zero-order valence-corrected chi connectivity index (χ0v) is 16.6. The van der Waals surface area contributed by atoms with Gasteiger partial charge >= 0.3 is 0 Å². The number of rotatable bonds is 6. The Morgan fingerprint density at radius 1 is 1.00 bits per heavy atom. The third kappa shape index (κ3) is 3.90. The molecule has 0 bridgehead atoms. The zero-order chi connectivity index (χ0) is 19.3. The molecule has 4 rings (SSSR count). The Balaban J connectivity index is 1.50. The molecule has 3 heterocycles. The number of anilines is 1. The molecule has 3 aromatic rings. The molecule has 1 saturated heterocycles. The Bertz CT molecular complexity index is 971. The van der Waals surface area contributed by atoms with Crippen LogP contribution in [0.2, 0.25) is 0 Å². The summed E-state index contributed by atoms with van der Waals surface area (Å²) in [6.45, 7) is 9.01. The van der Waals surface area contributed by atoms with E-state index in [2.05, 4.69) is 39.6 Å². The highest BCUT2D eigenvalue weighted by Crippen LogP contribution is 2.19. The van der Waals surface area contributed by atoms with E-state index in [4.69, 9.17) is 17.3 Å². The molecular formula is C21H24N6S. The fourth-order valence-electron chi connectivity index (χ4n) is 3.48. The molecule has 28 heavy (non-hydrogen) atoms. The van der Waals surface area contributed by atoms with E-state index in [9.17, 15) is 0 Å². The standard InChI is InChI=1S/C21H24N6S/c1-2-12-26-20(18-8-4-3-5-9-18)23-27(21(26)28)17-24-13-15-25(16-14-24)19-10-6-7-11-22-19/h2-11H,1,12-17H2. The van der Waals surface area contributed by atoms with E-state index >= 15 is 0 Å². The maximum absolute atomic E-state index is 5.72. The first-order valence-corrected chi connectivity index (χ1v) is 9.89. The van der Waals surface area contributed by atoms with Crippen LogP contribution in [-0.2, 0) is 13.2 Å². The molecule has 1 aromatic carbocycles. The molecule has 6 nitrogen and oxygen atoms in total. The lowest BCUT2D eigenvalue weighted by Gasteiger charge is -2.35. The van der Waals surface area contributed by atoms with Crippen molar-refractivity contribution >= 4 is 18.0 Å². The van der Waals surface area contributed by atoms with Crippen LogP contribution in [0.3, 0.4) is 0 Å². The first kappa shape index (κ1) is 18.6. The van der Waals surface area contributed by atoms with Crippen LogP contribution in [0.1, 0.15) is 0 Å². The smallest absolute Gasteiger partial charge is 0.199 e. The van der Waals surface area contributed by atoms with Crippen LogP contribution in [0.15, 0.2) is 67.4 Å². The molecule has 7 heteroatoms. The summed E-state index contributed by atoms with van der Waals surface area (Å²) in [6.07, 6.45) is 3.71. The van der Waals surface area contributed by atoms with Gasteiger partial charge in [-0.3, -0.25) is 9.47 Å². The minimum absolute atomic E-state index is 0.649. The summed E-state index contributed by atoms with van der Waals surface area (Å²) in [5.74, 6) is 1.93. The van der Waals surface area contributed by atoms with E-state index in [1.807, 2.05) is 51.9 Å². The number of pyridine rings is 1. The summed E-state index contributed by atoms with van der Waals surface area (Å²) in [6, 6.07) is 16.2. The molecule has 0 spiro atoms. The number of allylic oxidation sites excluding steroid dienone is 1. The van der Waals surface area contributed by atoms with Gasteiger partial charge in [0.2, 0.25) is 0 Å². The molecule has 0 radical (unpaired) electrons. The van der Waals surface area contributed by atoms with Crippen molar-refractivity contribution in [1.82, 2.24) is 24.2 Å². The normalized spacial score (nSPS) is 14.9. The minimum Gasteiger partial charge on any atom is -0.354 e. The van der Waals surface area contributed by atoms with Gasteiger partial charge in [0.05, 0.1) is 6.67 Å². The van der Waals surface area contributed by atoms with Crippen molar-refractivity contribution < 1.29 is 0 Å². The Labute approximate surface area is 170 Å². The molecule has 0 aliphatic carbocycles. The predicted molar refractivity (Wildman–Crippen MR) is 115 cm³/mol. The first-order chi connectivity index (χ1) is 13.8. The summed E-state index contributed by atoms with van der Waals surface area (Å²) in [5.41, 5.74) is 1.06. The summed E-state index contributed by atoms with van der Waals surface area (Å²) in [5, 5.41) is 4.83. The molecule has 2 aromatic heterocycles. The molecule has 1 fully saturated rings. The lowest BCUT2D eigenvalue weighted by Crippen LogP contribution is -2.47. The monoisotopic (exact) mass is 392 g/mol. The molecule has 0 atom stereocenters. The summed E-state index contributed by atoms with van der Waals surface area (Å²) >= 11 is 5.72. The van der Waals surface area contributed by atoms with Crippen LogP contribution in [0.4, 0.5) is 5.82 Å². The number of piperazine rings is 1. The molecule has 0 unspecified atom stereocenters. The molecule has 0 N–H and O–H groups in total. The highest BCUT2D eigenvalue weighted by molar-refractivity contribution is 7.71. The van der Waals surface area contributed by atoms with Gasteiger partial charge in [-0.25, -0.2) is 9.67 Å². The van der Waals surface area contributed by atoms with Crippen LogP contribution in [0.5, 0.6) is 0 Å². The van der Waals surface area contributed by atoms with E-state index in [0.717, 1.165) is 48.2 Å². The van der Waals surface area contributed by atoms with Crippen molar-refractivity contribution in [3.05, 3.63) is 72.2 Å².